The lowest BCUT2D eigenvalue weighted by atomic mass is 10.2. The van der Waals surface area contributed by atoms with E-state index in [4.69, 9.17) is 4.74 Å². The van der Waals surface area contributed by atoms with Crippen LogP contribution >= 0.6 is 15.9 Å². The van der Waals surface area contributed by atoms with Gasteiger partial charge in [-0.05, 0) is 38.1 Å². The summed E-state index contributed by atoms with van der Waals surface area (Å²) in [5, 5.41) is 3.09. The minimum absolute atomic E-state index is 0.112. The predicted molar refractivity (Wildman–Crippen MR) is 83.6 cm³/mol. The Labute approximate surface area is 127 Å². The van der Waals surface area contributed by atoms with Crippen LogP contribution in [0.4, 0.5) is 10.1 Å². The first kappa shape index (κ1) is 14.9. The number of anilines is 1. The van der Waals surface area contributed by atoms with Gasteiger partial charge in [0, 0.05) is 16.6 Å². The number of rotatable bonds is 5. The van der Waals surface area contributed by atoms with E-state index in [2.05, 4.69) is 21.2 Å². The van der Waals surface area contributed by atoms with E-state index in [1.54, 1.807) is 6.07 Å². The third kappa shape index (κ3) is 3.97. The Morgan fingerprint density at radius 2 is 1.95 bits per heavy atom. The van der Waals surface area contributed by atoms with E-state index in [1.165, 1.54) is 6.07 Å². The minimum Gasteiger partial charge on any atom is -0.491 e. The smallest absolute Gasteiger partial charge is 0.147 e. The van der Waals surface area contributed by atoms with E-state index in [-0.39, 0.29) is 11.9 Å². The molecule has 0 aliphatic rings. The normalized spacial score (nSPS) is 10.7. The molecule has 2 aromatic carbocycles. The Balaban J connectivity index is 2.10. The molecular formula is C16H17BrFNO. The molecule has 0 unspecified atom stereocenters. The van der Waals surface area contributed by atoms with Gasteiger partial charge in [0.05, 0.1) is 11.8 Å². The van der Waals surface area contributed by atoms with Crippen LogP contribution in [-0.2, 0) is 6.54 Å². The molecule has 106 valence electrons. The number of nitrogens with one attached hydrogen (secondary N) is 1. The van der Waals surface area contributed by atoms with Crippen LogP contribution in [0.3, 0.4) is 0 Å². The van der Waals surface area contributed by atoms with Crippen LogP contribution in [0.15, 0.2) is 46.9 Å². The van der Waals surface area contributed by atoms with Gasteiger partial charge in [-0.1, -0.05) is 34.1 Å². The minimum atomic E-state index is -0.276. The van der Waals surface area contributed by atoms with Crippen molar-refractivity contribution in [1.82, 2.24) is 0 Å². The highest BCUT2D eigenvalue weighted by atomic mass is 79.9. The molecular weight excluding hydrogens is 321 g/mol. The maximum atomic E-state index is 13.7. The quantitative estimate of drug-likeness (QED) is 0.829. The Morgan fingerprint density at radius 3 is 2.65 bits per heavy atom. The zero-order valence-corrected chi connectivity index (χ0v) is 13.1. The fourth-order valence-electron chi connectivity index (χ4n) is 1.84. The van der Waals surface area contributed by atoms with E-state index in [9.17, 15) is 4.39 Å². The van der Waals surface area contributed by atoms with Crippen molar-refractivity contribution in [3.05, 3.63) is 58.3 Å². The highest BCUT2D eigenvalue weighted by Crippen LogP contribution is 2.23. The average molecular weight is 338 g/mol. The fourth-order valence-corrected chi connectivity index (χ4v) is 2.18. The lowest BCUT2D eigenvalue weighted by Crippen LogP contribution is -2.09. The van der Waals surface area contributed by atoms with Gasteiger partial charge in [0.1, 0.15) is 11.6 Å². The van der Waals surface area contributed by atoms with E-state index < -0.39 is 0 Å². The first-order valence-corrected chi connectivity index (χ1v) is 7.29. The summed E-state index contributed by atoms with van der Waals surface area (Å²) in [6.07, 6.45) is 0.112. The first-order valence-electron chi connectivity index (χ1n) is 6.49. The lowest BCUT2D eigenvalue weighted by molar-refractivity contribution is 0.240. The second-order valence-electron chi connectivity index (χ2n) is 4.75. The van der Waals surface area contributed by atoms with Crippen molar-refractivity contribution in [3.63, 3.8) is 0 Å². The van der Waals surface area contributed by atoms with Crippen molar-refractivity contribution >= 4 is 21.6 Å². The second kappa shape index (κ2) is 6.75. The molecule has 0 saturated carbocycles. The Morgan fingerprint density at radius 1 is 1.20 bits per heavy atom. The molecule has 0 bridgehead atoms. The van der Waals surface area contributed by atoms with E-state index in [0.29, 0.717) is 12.2 Å². The van der Waals surface area contributed by atoms with Gasteiger partial charge >= 0.3 is 0 Å². The van der Waals surface area contributed by atoms with Crippen LogP contribution in [0, 0.1) is 5.82 Å². The Hall–Kier alpha value is -1.55. The van der Waals surface area contributed by atoms with Gasteiger partial charge in [0.25, 0.3) is 0 Å². The third-order valence-electron chi connectivity index (χ3n) is 2.74. The van der Waals surface area contributed by atoms with Crippen LogP contribution in [0.5, 0.6) is 5.75 Å². The molecule has 0 saturated heterocycles. The maximum absolute atomic E-state index is 13.7. The van der Waals surface area contributed by atoms with Gasteiger partial charge in [-0.25, -0.2) is 4.39 Å². The first-order chi connectivity index (χ1) is 9.56. The summed E-state index contributed by atoms with van der Waals surface area (Å²) in [5.74, 6) is 0.550. The molecule has 0 atom stereocenters. The number of hydrogen-bond donors (Lipinski definition) is 1. The second-order valence-corrected chi connectivity index (χ2v) is 5.67. The number of benzene rings is 2. The molecule has 4 heteroatoms. The van der Waals surface area contributed by atoms with E-state index >= 15 is 0 Å². The summed E-state index contributed by atoms with van der Waals surface area (Å²) in [4.78, 5) is 0. The summed E-state index contributed by atoms with van der Waals surface area (Å²) >= 11 is 3.24. The van der Waals surface area contributed by atoms with Gasteiger partial charge in [0.2, 0.25) is 0 Å². The monoisotopic (exact) mass is 337 g/mol. The van der Waals surface area contributed by atoms with Gasteiger partial charge in [-0.15, -0.1) is 0 Å². The summed E-state index contributed by atoms with van der Waals surface area (Å²) in [6, 6.07) is 12.7. The van der Waals surface area contributed by atoms with Crippen molar-refractivity contribution in [1.29, 1.82) is 0 Å². The average Bonchev–Trinajstić information content (AvgIpc) is 2.39. The van der Waals surface area contributed by atoms with Crippen molar-refractivity contribution in [2.24, 2.45) is 0 Å². The molecule has 0 amide bonds. The highest BCUT2D eigenvalue weighted by Gasteiger charge is 2.07. The summed E-state index contributed by atoms with van der Waals surface area (Å²) in [5.41, 5.74) is 1.48. The molecule has 2 nitrogen and oxygen atoms in total. The molecule has 20 heavy (non-hydrogen) atoms. The standard InChI is InChI=1S/C16H17BrFNO/c1-11(2)20-16-6-4-3-5-12(16)10-19-15-8-7-13(17)9-14(15)18/h3-9,11,19H,10H2,1-2H3. The zero-order valence-electron chi connectivity index (χ0n) is 11.5. The van der Waals surface area contributed by atoms with Gasteiger partial charge in [-0.2, -0.15) is 0 Å². The zero-order chi connectivity index (χ0) is 14.5. The highest BCUT2D eigenvalue weighted by molar-refractivity contribution is 9.10. The molecule has 0 spiro atoms. The molecule has 0 aromatic heterocycles. The Kier molecular flexibility index (Phi) is 5.01. The molecule has 0 fully saturated rings. The maximum Gasteiger partial charge on any atom is 0.147 e. The number of para-hydroxylation sites is 1. The van der Waals surface area contributed by atoms with Gasteiger partial charge in [-0.3, -0.25) is 0 Å². The van der Waals surface area contributed by atoms with Crippen molar-refractivity contribution in [2.45, 2.75) is 26.5 Å². The van der Waals surface area contributed by atoms with Crippen molar-refractivity contribution in [3.8, 4) is 5.75 Å². The van der Waals surface area contributed by atoms with Crippen LogP contribution in [-0.4, -0.2) is 6.10 Å². The molecule has 0 heterocycles. The molecule has 2 aromatic rings. The van der Waals surface area contributed by atoms with Gasteiger partial charge in [0.15, 0.2) is 0 Å². The molecule has 0 radical (unpaired) electrons. The fraction of sp³-hybridized carbons (Fsp3) is 0.250. The van der Waals surface area contributed by atoms with E-state index in [0.717, 1.165) is 15.8 Å². The molecule has 1 N–H and O–H groups in total. The van der Waals surface area contributed by atoms with Crippen LogP contribution < -0.4 is 10.1 Å². The van der Waals surface area contributed by atoms with Gasteiger partial charge < -0.3 is 10.1 Å². The van der Waals surface area contributed by atoms with Crippen molar-refractivity contribution < 1.29 is 9.13 Å². The number of hydrogen-bond acceptors (Lipinski definition) is 2. The summed E-state index contributed by atoms with van der Waals surface area (Å²) in [6.45, 7) is 4.48. The Bertz CT molecular complexity index is 586. The van der Waals surface area contributed by atoms with E-state index in [1.807, 2.05) is 44.2 Å². The summed E-state index contributed by atoms with van der Waals surface area (Å²) in [7, 11) is 0. The number of halogens is 2. The third-order valence-corrected chi connectivity index (χ3v) is 3.23. The largest absolute Gasteiger partial charge is 0.491 e. The lowest BCUT2D eigenvalue weighted by Gasteiger charge is -2.15. The topological polar surface area (TPSA) is 21.3 Å². The molecule has 0 aliphatic heterocycles. The van der Waals surface area contributed by atoms with Crippen LogP contribution in [0.25, 0.3) is 0 Å². The predicted octanol–water partition coefficient (Wildman–Crippen LogP) is 4.99. The summed E-state index contributed by atoms with van der Waals surface area (Å²) < 4.78 is 20.2. The SMILES string of the molecule is CC(C)Oc1ccccc1CNc1ccc(Br)cc1F. The van der Waals surface area contributed by atoms with Crippen molar-refractivity contribution in [2.75, 3.05) is 5.32 Å². The number of ether oxygens (including phenoxy) is 1. The molecule has 2 rings (SSSR count). The molecule has 0 aliphatic carbocycles. The van der Waals surface area contributed by atoms with Crippen LogP contribution in [0.2, 0.25) is 0 Å². The van der Waals surface area contributed by atoms with Crippen LogP contribution in [0.1, 0.15) is 19.4 Å².